The van der Waals surface area contributed by atoms with Gasteiger partial charge >= 0.3 is 11.5 Å². The van der Waals surface area contributed by atoms with E-state index in [1.54, 1.807) is 6.07 Å². The van der Waals surface area contributed by atoms with Gasteiger partial charge in [-0.05, 0) is 54.8 Å². The smallest absolute Gasteiger partial charge is 0.393 e. The van der Waals surface area contributed by atoms with Gasteiger partial charge in [-0.15, -0.1) is 0 Å². The number of amides is 2. The number of rotatable bonds is 5. The Labute approximate surface area is 188 Å². The van der Waals surface area contributed by atoms with Crippen molar-refractivity contribution in [2.24, 2.45) is 0 Å². The summed E-state index contributed by atoms with van der Waals surface area (Å²) in [5.74, 6) is 0. The number of hydrogen-bond donors (Lipinski definition) is 3. The number of sulfone groups is 1. The normalized spacial score (nSPS) is 15.7. The van der Waals surface area contributed by atoms with Crippen LogP contribution in [-0.4, -0.2) is 59.8 Å². The maximum absolute atomic E-state index is 12.6. The first-order chi connectivity index (χ1) is 15.4. The van der Waals surface area contributed by atoms with Gasteiger partial charge in [0.05, 0.1) is 17.2 Å². The Bertz CT molecular complexity index is 1160. The molecule has 3 N–H and O–H groups in total. The third-order valence-electron chi connectivity index (χ3n) is 5.18. The summed E-state index contributed by atoms with van der Waals surface area (Å²) < 4.78 is 60.7. The van der Waals surface area contributed by atoms with Crippen molar-refractivity contribution in [1.82, 2.24) is 9.88 Å². The third kappa shape index (κ3) is 5.34. The van der Waals surface area contributed by atoms with Crippen molar-refractivity contribution in [2.45, 2.75) is 29.9 Å². The van der Waals surface area contributed by atoms with Gasteiger partial charge in [0.2, 0.25) is 0 Å². The van der Waals surface area contributed by atoms with Crippen LogP contribution in [0.15, 0.2) is 47.5 Å². The number of carbonyl (C=O) groups excluding carboxylic acids is 1. The predicted octanol–water partition coefficient (Wildman–Crippen LogP) is 3.03. The summed E-state index contributed by atoms with van der Waals surface area (Å²) in [6.45, 7) is 2.05. The zero-order chi connectivity index (χ0) is 24.4. The van der Waals surface area contributed by atoms with Gasteiger partial charge in [-0.3, -0.25) is 4.98 Å². The molecule has 0 aliphatic carbocycles. The van der Waals surface area contributed by atoms with Crippen LogP contribution in [-0.2, 0) is 9.84 Å². The van der Waals surface area contributed by atoms with Crippen LogP contribution in [0, 0.1) is 6.92 Å². The standard InChI is InChI=1S/C21H22F3N3O5S/c1-13-10-15(18(29)12-28)11-25-19(13)14-6-8-27(9-7-14)20(30)26-16-2-4-17(5-3-16)33(31,32)21(22,23)24/h2-6,10-11,18,28-29H,7-9,12H2,1H3,(H,26,30)/t18-/m1/s1. The van der Waals surface area contributed by atoms with Gasteiger partial charge in [-0.1, -0.05) is 6.08 Å². The molecule has 0 spiro atoms. The summed E-state index contributed by atoms with van der Waals surface area (Å²) in [5, 5.41) is 21.3. The van der Waals surface area contributed by atoms with Crippen molar-refractivity contribution >= 4 is 27.1 Å². The number of alkyl halides is 3. The molecule has 1 aromatic heterocycles. The van der Waals surface area contributed by atoms with E-state index < -0.39 is 39.0 Å². The number of nitrogens with one attached hydrogen (secondary N) is 1. The summed E-state index contributed by atoms with van der Waals surface area (Å²) in [7, 11) is -5.45. The van der Waals surface area contributed by atoms with Crippen LogP contribution >= 0.6 is 0 Å². The average Bonchev–Trinajstić information content (AvgIpc) is 2.78. The van der Waals surface area contributed by atoms with E-state index in [0.717, 1.165) is 41.1 Å². The van der Waals surface area contributed by atoms with Crippen LogP contribution in [0.2, 0.25) is 0 Å². The summed E-state index contributed by atoms with van der Waals surface area (Å²) in [5.41, 5.74) is -2.27. The Morgan fingerprint density at radius 2 is 1.94 bits per heavy atom. The molecule has 12 heteroatoms. The molecular formula is C21H22F3N3O5S. The van der Waals surface area contributed by atoms with Gasteiger partial charge in [0.25, 0.3) is 9.84 Å². The number of benzene rings is 1. The minimum atomic E-state index is -5.45. The monoisotopic (exact) mass is 485 g/mol. The fraction of sp³-hybridized carbons (Fsp3) is 0.333. The molecule has 2 amide bonds. The molecule has 1 aliphatic heterocycles. The van der Waals surface area contributed by atoms with Crippen molar-refractivity contribution in [1.29, 1.82) is 0 Å². The Morgan fingerprint density at radius 3 is 2.45 bits per heavy atom. The Hall–Kier alpha value is -2.96. The van der Waals surface area contributed by atoms with Gasteiger partial charge in [0, 0.05) is 30.5 Å². The number of nitrogens with zero attached hydrogens (tertiary/aromatic N) is 2. The van der Waals surface area contributed by atoms with E-state index in [4.69, 9.17) is 5.11 Å². The number of aromatic nitrogens is 1. The molecule has 3 rings (SSSR count). The Kier molecular flexibility index (Phi) is 7.10. The van der Waals surface area contributed by atoms with Crippen LogP contribution in [0.5, 0.6) is 0 Å². The number of aliphatic hydroxyl groups excluding tert-OH is 2. The molecule has 33 heavy (non-hydrogen) atoms. The van der Waals surface area contributed by atoms with Crippen LogP contribution in [0.4, 0.5) is 23.7 Å². The van der Waals surface area contributed by atoms with Crippen molar-refractivity contribution in [3.05, 3.63) is 59.4 Å². The molecule has 1 atom stereocenters. The lowest BCUT2D eigenvalue weighted by Crippen LogP contribution is -2.38. The molecule has 178 valence electrons. The van der Waals surface area contributed by atoms with E-state index in [2.05, 4.69) is 10.3 Å². The summed E-state index contributed by atoms with van der Waals surface area (Å²) >= 11 is 0. The van der Waals surface area contributed by atoms with E-state index >= 15 is 0 Å². The molecule has 8 nitrogen and oxygen atoms in total. The summed E-state index contributed by atoms with van der Waals surface area (Å²) in [6.07, 6.45) is 2.82. The largest absolute Gasteiger partial charge is 0.501 e. The number of aliphatic hydroxyl groups is 2. The first-order valence-corrected chi connectivity index (χ1v) is 11.3. The molecule has 0 bridgehead atoms. The van der Waals surface area contributed by atoms with Crippen LogP contribution in [0.3, 0.4) is 0 Å². The quantitative estimate of drug-likeness (QED) is 0.599. The van der Waals surface area contributed by atoms with E-state index in [1.165, 1.54) is 11.1 Å². The summed E-state index contributed by atoms with van der Waals surface area (Å²) in [4.78, 5) is 17.4. The minimum absolute atomic E-state index is 0.159. The number of urea groups is 1. The number of pyridine rings is 1. The molecular weight excluding hydrogens is 463 g/mol. The van der Waals surface area contributed by atoms with E-state index in [0.29, 0.717) is 18.5 Å². The highest BCUT2D eigenvalue weighted by atomic mass is 32.2. The fourth-order valence-electron chi connectivity index (χ4n) is 3.34. The maximum atomic E-state index is 12.6. The van der Waals surface area contributed by atoms with E-state index in [-0.39, 0.29) is 12.2 Å². The maximum Gasteiger partial charge on any atom is 0.501 e. The molecule has 0 saturated carbocycles. The Morgan fingerprint density at radius 1 is 1.27 bits per heavy atom. The molecule has 0 unspecified atom stereocenters. The lowest BCUT2D eigenvalue weighted by Gasteiger charge is -2.27. The second kappa shape index (κ2) is 9.49. The first kappa shape index (κ1) is 24.7. The zero-order valence-corrected chi connectivity index (χ0v) is 18.3. The predicted molar refractivity (Wildman–Crippen MR) is 114 cm³/mol. The topological polar surface area (TPSA) is 120 Å². The highest BCUT2D eigenvalue weighted by Crippen LogP contribution is 2.31. The van der Waals surface area contributed by atoms with Crippen molar-refractivity contribution in [3.8, 4) is 0 Å². The number of anilines is 1. The number of hydrogen-bond acceptors (Lipinski definition) is 6. The van der Waals surface area contributed by atoms with Crippen molar-refractivity contribution < 1.29 is 36.6 Å². The summed E-state index contributed by atoms with van der Waals surface area (Å²) in [6, 6.07) is 5.03. The lowest BCUT2D eigenvalue weighted by molar-refractivity contribution is -0.0436. The average molecular weight is 485 g/mol. The Balaban J connectivity index is 1.65. The molecule has 2 aromatic rings. The van der Waals surface area contributed by atoms with Crippen molar-refractivity contribution in [2.75, 3.05) is 25.0 Å². The lowest BCUT2D eigenvalue weighted by atomic mass is 9.99. The van der Waals surface area contributed by atoms with Crippen LogP contribution < -0.4 is 5.32 Å². The van der Waals surface area contributed by atoms with Crippen LogP contribution in [0.25, 0.3) is 5.57 Å². The van der Waals surface area contributed by atoms with Gasteiger partial charge in [0.15, 0.2) is 0 Å². The molecule has 2 heterocycles. The zero-order valence-electron chi connectivity index (χ0n) is 17.5. The molecule has 1 aromatic carbocycles. The van der Waals surface area contributed by atoms with E-state index in [9.17, 15) is 31.5 Å². The molecule has 1 aliphatic rings. The van der Waals surface area contributed by atoms with Gasteiger partial charge < -0.3 is 20.4 Å². The van der Waals surface area contributed by atoms with Gasteiger partial charge in [-0.25, -0.2) is 13.2 Å². The second-order valence-electron chi connectivity index (χ2n) is 7.46. The number of carbonyl (C=O) groups is 1. The highest BCUT2D eigenvalue weighted by molar-refractivity contribution is 7.92. The molecule has 0 saturated heterocycles. The number of halogens is 3. The second-order valence-corrected chi connectivity index (χ2v) is 9.40. The third-order valence-corrected chi connectivity index (χ3v) is 6.68. The molecule has 0 radical (unpaired) electrons. The van der Waals surface area contributed by atoms with Crippen molar-refractivity contribution in [3.63, 3.8) is 0 Å². The fourth-order valence-corrected chi connectivity index (χ4v) is 4.10. The SMILES string of the molecule is Cc1cc([C@H](O)CO)cnc1C1=CCN(C(=O)Nc2ccc(S(=O)(=O)C(F)(F)F)cc2)CC1. The van der Waals surface area contributed by atoms with Gasteiger partial charge in [-0.2, -0.15) is 13.2 Å². The van der Waals surface area contributed by atoms with Gasteiger partial charge in [0.1, 0.15) is 6.10 Å². The van der Waals surface area contributed by atoms with Crippen LogP contribution in [0.1, 0.15) is 29.3 Å². The minimum Gasteiger partial charge on any atom is -0.393 e. The number of aryl methyl sites for hydroxylation is 1. The first-order valence-electron chi connectivity index (χ1n) is 9.86. The van der Waals surface area contributed by atoms with E-state index in [1.807, 2.05) is 13.0 Å². The highest BCUT2D eigenvalue weighted by Gasteiger charge is 2.46. The molecule has 0 fully saturated rings.